The predicted octanol–water partition coefficient (Wildman–Crippen LogP) is 3.43. The number of nitrogens with zero attached hydrogens (tertiary/aromatic N) is 3. The first-order valence-corrected chi connectivity index (χ1v) is 8.37. The fourth-order valence-corrected chi connectivity index (χ4v) is 3.63. The Hall–Kier alpha value is -1.37. The molecule has 20 heavy (non-hydrogen) atoms. The van der Waals surface area contributed by atoms with Gasteiger partial charge in [0, 0.05) is 11.8 Å². The second kappa shape index (κ2) is 6.39. The first kappa shape index (κ1) is 13.6. The molecule has 3 aromatic rings. The quantitative estimate of drug-likeness (QED) is 0.758. The molecule has 0 saturated carbocycles. The summed E-state index contributed by atoms with van der Waals surface area (Å²) in [5.41, 5.74) is 2.10. The number of aromatic nitrogens is 3. The lowest BCUT2D eigenvalue weighted by molar-refractivity contribution is 0.516. The fraction of sp³-hybridized carbons (Fsp3) is 0.357. The van der Waals surface area contributed by atoms with Crippen molar-refractivity contribution in [2.45, 2.75) is 25.8 Å². The Morgan fingerprint density at radius 2 is 2.20 bits per heavy atom. The molecule has 6 heteroatoms. The number of fused-ring (bicyclic) bond motifs is 1. The minimum atomic E-state index is 0.203. The molecule has 0 spiro atoms. The highest BCUT2D eigenvalue weighted by molar-refractivity contribution is 7.18. The van der Waals surface area contributed by atoms with Crippen LogP contribution in [0.3, 0.4) is 0 Å². The molecule has 0 amide bonds. The minimum Gasteiger partial charge on any atom is -0.308 e. The highest BCUT2D eigenvalue weighted by atomic mass is 32.1. The third kappa shape index (κ3) is 3.03. The van der Waals surface area contributed by atoms with Gasteiger partial charge in [-0.2, -0.15) is 0 Å². The highest BCUT2D eigenvalue weighted by Crippen LogP contribution is 2.25. The van der Waals surface area contributed by atoms with Gasteiger partial charge in [0.2, 0.25) is 0 Å². The number of para-hydroxylation sites is 1. The third-order valence-corrected chi connectivity index (χ3v) is 4.67. The van der Waals surface area contributed by atoms with Gasteiger partial charge in [0.05, 0.1) is 27.0 Å². The van der Waals surface area contributed by atoms with Crippen LogP contribution < -0.4 is 5.32 Å². The average Bonchev–Trinajstić information content (AvgIpc) is 3.11. The highest BCUT2D eigenvalue weighted by Gasteiger charge is 2.16. The zero-order valence-corrected chi connectivity index (χ0v) is 12.9. The van der Waals surface area contributed by atoms with Gasteiger partial charge < -0.3 is 5.32 Å². The van der Waals surface area contributed by atoms with E-state index in [1.807, 2.05) is 11.4 Å². The summed E-state index contributed by atoms with van der Waals surface area (Å²) in [5.74, 6) is 0. The van der Waals surface area contributed by atoms with E-state index >= 15 is 0 Å². The van der Waals surface area contributed by atoms with Crippen LogP contribution in [0.5, 0.6) is 0 Å². The van der Waals surface area contributed by atoms with Gasteiger partial charge in [-0.15, -0.1) is 16.4 Å². The van der Waals surface area contributed by atoms with E-state index in [0.29, 0.717) is 0 Å². The smallest absolute Gasteiger partial charge is 0.0958 e. The van der Waals surface area contributed by atoms with Crippen LogP contribution in [0.2, 0.25) is 0 Å². The van der Waals surface area contributed by atoms with Crippen LogP contribution in [-0.4, -0.2) is 21.1 Å². The second-order valence-electron chi connectivity index (χ2n) is 4.62. The summed E-state index contributed by atoms with van der Waals surface area (Å²) in [6, 6.07) is 8.47. The molecule has 1 aromatic carbocycles. The molecule has 0 fully saturated rings. The molecule has 2 heterocycles. The Balaban J connectivity index is 1.81. The van der Waals surface area contributed by atoms with Crippen molar-refractivity contribution in [1.29, 1.82) is 0 Å². The Morgan fingerprint density at radius 3 is 2.95 bits per heavy atom. The lowest BCUT2D eigenvalue weighted by Crippen LogP contribution is -2.24. The number of hydrogen-bond donors (Lipinski definition) is 1. The van der Waals surface area contributed by atoms with E-state index < -0.39 is 0 Å². The monoisotopic (exact) mass is 304 g/mol. The lowest BCUT2D eigenvalue weighted by atomic mass is 10.1. The number of thiazole rings is 1. The Bertz CT molecular complexity index is 630. The van der Waals surface area contributed by atoms with E-state index in [1.165, 1.54) is 16.2 Å². The molecule has 4 nitrogen and oxygen atoms in total. The van der Waals surface area contributed by atoms with Crippen molar-refractivity contribution in [2.24, 2.45) is 0 Å². The van der Waals surface area contributed by atoms with Crippen LogP contribution in [0.4, 0.5) is 0 Å². The summed E-state index contributed by atoms with van der Waals surface area (Å²) >= 11 is 3.16. The van der Waals surface area contributed by atoms with Gasteiger partial charge in [-0.25, -0.2) is 4.98 Å². The maximum absolute atomic E-state index is 4.70. The predicted molar refractivity (Wildman–Crippen MR) is 84.3 cm³/mol. The van der Waals surface area contributed by atoms with Gasteiger partial charge in [0.15, 0.2) is 0 Å². The van der Waals surface area contributed by atoms with E-state index in [1.54, 1.807) is 11.3 Å². The molecule has 0 aliphatic heterocycles. The summed E-state index contributed by atoms with van der Waals surface area (Å²) in [6.45, 7) is 3.15. The van der Waals surface area contributed by atoms with Crippen LogP contribution in [0.15, 0.2) is 29.6 Å². The molecule has 1 atom stereocenters. The summed E-state index contributed by atoms with van der Waals surface area (Å²) in [6.07, 6.45) is 1.97. The van der Waals surface area contributed by atoms with Crippen LogP contribution in [0, 0.1) is 0 Å². The largest absolute Gasteiger partial charge is 0.308 e. The van der Waals surface area contributed by atoms with E-state index in [4.69, 9.17) is 4.98 Å². The summed E-state index contributed by atoms with van der Waals surface area (Å²) in [5, 5.41) is 10.9. The van der Waals surface area contributed by atoms with Crippen molar-refractivity contribution in [3.8, 4) is 0 Å². The lowest BCUT2D eigenvalue weighted by Gasteiger charge is -2.14. The zero-order chi connectivity index (χ0) is 13.8. The van der Waals surface area contributed by atoms with Gasteiger partial charge in [-0.05, 0) is 36.6 Å². The molecular formula is C14H16N4S2. The zero-order valence-electron chi connectivity index (χ0n) is 11.2. The normalized spacial score (nSPS) is 12.8. The van der Waals surface area contributed by atoms with Gasteiger partial charge in [-0.1, -0.05) is 23.5 Å². The van der Waals surface area contributed by atoms with Crippen molar-refractivity contribution < 1.29 is 0 Å². The van der Waals surface area contributed by atoms with E-state index in [2.05, 4.69) is 40.0 Å². The van der Waals surface area contributed by atoms with Crippen molar-refractivity contribution >= 4 is 33.1 Å². The summed E-state index contributed by atoms with van der Waals surface area (Å²) in [7, 11) is 0. The second-order valence-corrected chi connectivity index (χ2v) is 6.34. The van der Waals surface area contributed by atoms with Gasteiger partial charge in [-0.3, -0.25) is 0 Å². The van der Waals surface area contributed by atoms with Gasteiger partial charge >= 0.3 is 0 Å². The van der Waals surface area contributed by atoms with Gasteiger partial charge in [0.25, 0.3) is 0 Å². The number of rotatable bonds is 6. The molecule has 2 aromatic heterocycles. The molecule has 1 unspecified atom stereocenters. The number of hydrogen-bond acceptors (Lipinski definition) is 6. The standard InChI is InChI=1S/C14H16N4S2/c1-2-7-15-11(12-9-19-18-17-12)8-14-16-10-5-3-4-6-13(10)20-14/h3-6,9,11,15H,2,7-8H2,1H3. The molecular weight excluding hydrogens is 288 g/mol. The van der Waals surface area contributed by atoms with E-state index in [-0.39, 0.29) is 6.04 Å². The first-order valence-electron chi connectivity index (χ1n) is 6.71. The summed E-state index contributed by atoms with van der Waals surface area (Å²) in [4.78, 5) is 4.70. The van der Waals surface area contributed by atoms with Crippen LogP contribution >= 0.6 is 22.9 Å². The average molecular weight is 304 g/mol. The van der Waals surface area contributed by atoms with Gasteiger partial charge in [0.1, 0.15) is 0 Å². The molecule has 0 aliphatic rings. The van der Waals surface area contributed by atoms with Crippen molar-refractivity contribution in [3.63, 3.8) is 0 Å². The maximum atomic E-state index is 4.70. The first-order chi connectivity index (χ1) is 9.86. The number of nitrogens with one attached hydrogen (secondary N) is 1. The van der Waals surface area contributed by atoms with Crippen molar-refractivity contribution in [1.82, 2.24) is 19.9 Å². The SMILES string of the molecule is CCCNC(Cc1nc2ccccc2s1)c1csnn1. The third-order valence-electron chi connectivity index (χ3n) is 3.09. The van der Waals surface area contributed by atoms with Crippen LogP contribution in [0.1, 0.15) is 30.1 Å². The van der Waals surface area contributed by atoms with Crippen molar-refractivity contribution in [2.75, 3.05) is 6.54 Å². The molecule has 104 valence electrons. The molecule has 3 rings (SSSR count). The minimum absolute atomic E-state index is 0.203. The van der Waals surface area contributed by atoms with E-state index in [0.717, 1.165) is 35.6 Å². The molecule has 0 saturated heterocycles. The fourth-order valence-electron chi connectivity index (χ4n) is 2.11. The Morgan fingerprint density at radius 1 is 1.30 bits per heavy atom. The Labute approximate surface area is 126 Å². The van der Waals surface area contributed by atoms with Crippen LogP contribution in [0.25, 0.3) is 10.2 Å². The molecule has 1 N–H and O–H groups in total. The topological polar surface area (TPSA) is 50.7 Å². The Kier molecular flexibility index (Phi) is 4.34. The number of benzene rings is 1. The van der Waals surface area contributed by atoms with Crippen LogP contribution in [-0.2, 0) is 6.42 Å². The molecule has 0 bridgehead atoms. The molecule has 0 radical (unpaired) electrons. The summed E-state index contributed by atoms with van der Waals surface area (Å²) < 4.78 is 5.21. The maximum Gasteiger partial charge on any atom is 0.0958 e. The van der Waals surface area contributed by atoms with Crippen molar-refractivity contribution in [3.05, 3.63) is 40.3 Å². The molecule has 0 aliphatic carbocycles. The van der Waals surface area contributed by atoms with E-state index in [9.17, 15) is 0 Å².